The summed E-state index contributed by atoms with van der Waals surface area (Å²) in [7, 11) is 2.18. The van der Waals surface area contributed by atoms with Crippen molar-refractivity contribution in [1.82, 2.24) is 14.8 Å². The highest BCUT2D eigenvalue weighted by Crippen LogP contribution is 2.17. The Morgan fingerprint density at radius 3 is 2.95 bits per heavy atom. The smallest absolute Gasteiger partial charge is 0.0547 e. The predicted octanol–water partition coefficient (Wildman–Crippen LogP) is 1.46. The largest absolute Gasteiger partial charge is 0.325 e. The first-order chi connectivity index (χ1) is 9.22. The number of likely N-dealkylation sites (N-methyl/N-ethyl adjacent to an activating group) is 2. The Hall–Kier alpha value is -0.970. The molecule has 0 bridgehead atoms. The predicted molar refractivity (Wildman–Crippen MR) is 78.7 cm³/mol. The van der Waals surface area contributed by atoms with Gasteiger partial charge in [-0.3, -0.25) is 14.8 Å². The second-order valence-corrected chi connectivity index (χ2v) is 5.45. The summed E-state index contributed by atoms with van der Waals surface area (Å²) in [6.07, 6.45) is 2.67. The zero-order valence-electron chi connectivity index (χ0n) is 12.2. The number of hydrogen-bond acceptors (Lipinski definition) is 4. The standard InChI is InChI=1S/C15H26N4/c1-3-19-9-5-8-15(19)12-18(2)11-14-7-4-6-13(10-16)17-14/h4,6-7,15H,3,5,8-12,16H2,1-2H3. The van der Waals surface area contributed by atoms with Crippen LogP contribution in [0.25, 0.3) is 0 Å². The van der Waals surface area contributed by atoms with Crippen molar-refractivity contribution < 1.29 is 0 Å². The van der Waals surface area contributed by atoms with Gasteiger partial charge in [-0.15, -0.1) is 0 Å². The van der Waals surface area contributed by atoms with Gasteiger partial charge < -0.3 is 5.73 Å². The van der Waals surface area contributed by atoms with E-state index in [9.17, 15) is 0 Å². The molecule has 1 unspecified atom stereocenters. The molecule has 0 aliphatic carbocycles. The average Bonchev–Trinajstić information content (AvgIpc) is 2.86. The molecule has 0 aromatic carbocycles. The van der Waals surface area contributed by atoms with E-state index in [1.807, 2.05) is 12.1 Å². The fourth-order valence-electron chi connectivity index (χ4n) is 2.95. The van der Waals surface area contributed by atoms with Crippen molar-refractivity contribution in [2.75, 3.05) is 26.7 Å². The first-order valence-electron chi connectivity index (χ1n) is 7.30. The molecular formula is C15H26N4. The summed E-state index contributed by atoms with van der Waals surface area (Å²) in [5.74, 6) is 0. The number of hydrogen-bond donors (Lipinski definition) is 1. The highest BCUT2D eigenvalue weighted by Gasteiger charge is 2.23. The Kier molecular flexibility index (Phi) is 5.31. The van der Waals surface area contributed by atoms with Crippen LogP contribution < -0.4 is 5.73 Å². The molecule has 2 rings (SSSR count). The lowest BCUT2D eigenvalue weighted by Gasteiger charge is -2.27. The van der Waals surface area contributed by atoms with E-state index in [-0.39, 0.29) is 0 Å². The van der Waals surface area contributed by atoms with Crippen LogP contribution in [0.15, 0.2) is 18.2 Å². The lowest BCUT2D eigenvalue weighted by Crippen LogP contribution is -2.38. The monoisotopic (exact) mass is 262 g/mol. The SMILES string of the molecule is CCN1CCCC1CN(C)Cc1cccc(CN)n1. The van der Waals surface area contributed by atoms with Gasteiger partial charge in [-0.25, -0.2) is 0 Å². The zero-order chi connectivity index (χ0) is 13.7. The lowest BCUT2D eigenvalue weighted by molar-refractivity contribution is 0.193. The normalized spacial score (nSPS) is 20.3. The molecule has 0 amide bonds. The van der Waals surface area contributed by atoms with Gasteiger partial charge >= 0.3 is 0 Å². The molecule has 0 radical (unpaired) electrons. The van der Waals surface area contributed by atoms with E-state index in [1.165, 1.54) is 25.9 Å². The molecule has 0 saturated carbocycles. The third kappa shape index (κ3) is 4.00. The second kappa shape index (κ2) is 6.98. The summed E-state index contributed by atoms with van der Waals surface area (Å²) in [4.78, 5) is 9.52. The van der Waals surface area contributed by atoms with Crippen molar-refractivity contribution in [3.05, 3.63) is 29.6 Å². The van der Waals surface area contributed by atoms with Gasteiger partial charge in [0.15, 0.2) is 0 Å². The molecule has 1 fully saturated rings. The molecule has 2 N–H and O–H groups in total. The van der Waals surface area contributed by atoms with E-state index in [1.54, 1.807) is 0 Å². The van der Waals surface area contributed by atoms with Crippen LogP contribution in [0.3, 0.4) is 0 Å². The molecule has 1 aromatic heterocycles. The molecule has 1 aromatic rings. The van der Waals surface area contributed by atoms with E-state index in [4.69, 9.17) is 5.73 Å². The third-order valence-corrected chi connectivity index (χ3v) is 3.93. The van der Waals surface area contributed by atoms with Crippen molar-refractivity contribution >= 4 is 0 Å². The van der Waals surface area contributed by atoms with Crippen molar-refractivity contribution in [2.24, 2.45) is 5.73 Å². The second-order valence-electron chi connectivity index (χ2n) is 5.45. The van der Waals surface area contributed by atoms with Crippen LogP contribution in [0.2, 0.25) is 0 Å². The van der Waals surface area contributed by atoms with Gasteiger partial charge in [0.25, 0.3) is 0 Å². The Morgan fingerprint density at radius 1 is 1.42 bits per heavy atom. The summed E-state index contributed by atoms with van der Waals surface area (Å²) in [5, 5.41) is 0. The molecule has 2 heterocycles. The van der Waals surface area contributed by atoms with Crippen molar-refractivity contribution in [3.63, 3.8) is 0 Å². The number of aromatic nitrogens is 1. The third-order valence-electron chi connectivity index (χ3n) is 3.93. The fourth-order valence-corrected chi connectivity index (χ4v) is 2.95. The van der Waals surface area contributed by atoms with Gasteiger partial charge in [0.2, 0.25) is 0 Å². The highest BCUT2D eigenvalue weighted by molar-refractivity contribution is 5.11. The molecule has 19 heavy (non-hydrogen) atoms. The fraction of sp³-hybridized carbons (Fsp3) is 0.667. The molecule has 1 atom stereocenters. The average molecular weight is 262 g/mol. The minimum atomic E-state index is 0.518. The maximum absolute atomic E-state index is 5.64. The molecule has 106 valence electrons. The minimum Gasteiger partial charge on any atom is -0.325 e. The molecule has 1 aliphatic rings. The Labute approximate surface area is 116 Å². The van der Waals surface area contributed by atoms with E-state index >= 15 is 0 Å². The maximum atomic E-state index is 5.64. The molecule has 1 aliphatic heterocycles. The molecule has 4 heteroatoms. The van der Waals surface area contributed by atoms with Gasteiger partial charge in [-0.2, -0.15) is 0 Å². The molecule has 0 spiro atoms. The van der Waals surface area contributed by atoms with E-state index in [0.717, 1.165) is 24.5 Å². The van der Waals surface area contributed by atoms with Crippen LogP contribution in [0.4, 0.5) is 0 Å². The first kappa shape index (κ1) is 14.4. The quantitative estimate of drug-likeness (QED) is 0.843. The first-order valence-corrected chi connectivity index (χ1v) is 7.30. The Morgan fingerprint density at radius 2 is 2.21 bits per heavy atom. The highest BCUT2D eigenvalue weighted by atomic mass is 15.2. The number of nitrogens with zero attached hydrogens (tertiary/aromatic N) is 3. The molecule has 1 saturated heterocycles. The minimum absolute atomic E-state index is 0.518. The van der Waals surface area contributed by atoms with Gasteiger partial charge in [0.05, 0.1) is 11.4 Å². The Balaban J connectivity index is 1.88. The molecular weight excluding hydrogens is 236 g/mol. The Bertz CT molecular complexity index is 393. The van der Waals surface area contributed by atoms with E-state index in [2.05, 4.69) is 34.8 Å². The zero-order valence-corrected chi connectivity index (χ0v) is 12.2. The summed E-state index contributed by atoms with van der Waals surface area (Å²) in [6, 6.07) is 6.83. The van der Waals surface area contributed by atoms with Gasteiger partial charge in [0, 0.05) is 25.7 Å². The van der Waals surface area contributed by atoms with Gasteiger partial charge in [-0.1, -0.05) is 13.0 Å². The van der Waals surface area contributed by atoms with Crippen LogP contribution in [-0.2, 0) is 13.1 Å². The molecule has 4 nitrogen and oxygen atoms in total. The lowest BCUT2D eigenvalue weighted by atomic mass is 10.2. The topological polar surface area (TPSA) is 45.4 Å². The summed E-state index contributed by atoms with van der Waals surface area (Å²) < 4.78 is 0. The van der Waals surface area contributed by atoms with Crippen LogP contribution in [0, 0.1) is 0 Å². The van der Waals surface area contributed by atoms with E-state index < -0.39 is 0 Å². The summed E-state index contributed by atoms with van der Waals surface area (Å²) >= 11 is 0. The van der Waals surface area contributed by atoms with Crippen molar-refractivity contribution in [1.29, 1.82) is 0 Å². The van der Waals surface area contributed by atoms with Crippen LogP contribution in [0.5, 0.6) is 0 Å². The van der Waals surface area contributed by atoms with Gasteiger partial charge in [0.1, 0.15) is 0 Å². The van der Waals surface area contributed by atoms with Crippen molar-refractivity contribution in [3.8, 4) is 0 Å². The van der Waals surface area contributed by atoms with E-state index in [0.29, 0.717) is 12.6 Å². The maximum Gasteiger partial charge on any atom is 0.0547 e. The van der Waals surface area contributed by atoms with Gasteiger partial charge in [-0.05, 0) is 45.1 Å². The number of likely N-dealkylation sites (tertiary alicyclic amines) is 1. The summed E-state index contributed by atoms with van der Waals surface area (Å²) in [5.41, 5.74) is 7.73. The number of pyridine rings is 1. The number of nitrogens with two attached hydrogens (primary N) is 1. The number of rotatable bonds is 6. The van der Waals surface area contributed by atoms with Crippen molar-refractivity contribution in [2.45, 2.75) is 38.9 Å². The van der Waals surface area contributed by atoms with Crippen LogP contribution >= 0.6 is 0 Å². The van der Waals surface area contributed by atoms with Crippen LogP contribution in [0.1, 0.15) is 31.2 Å². The van der Waals surface area contributed by atoms with Crippen LogP contribution in [-0.4, -0.2) is 47.5 Å². The summed E-state index contributed by atoms with van der Waals surface area (Å²) in [6.45, 7) is 7.23.